The molecule has 0 saturated carbocycles. The lowest BCUT2D eigenvalue weighted by atomic mass is 9.99. The van der Waals surface area contributed by atoms with Gasteiger partial charge in [-0.25, -0.2) is 4.39 Å². The summed E-state index contributed by atoms with van der Waals surface area (Å²) in [5.41, 5.74) is 11.2. The Labute approximate surface area is 104 Å². The van der Waals surface area contributed by atoms with Crippen LogP contribution in [0.1, 0.15) is 18.1 Å². The van der Waals surface area contributed by atoms with Gasteiger partial charge in [-0.05, 0) is 19.0 Å². The molecule has 0 amide bonds. The summed E-state index contributed by atoms with van der Waals surface area (Å²) in [4.78, 5) is 0. The molecular weight excluding hydrogens is 239 g/mol. The number of fused-ring (bicyclic) bond motifs is 1. The van der Waals surface area contributed by atoms with Crippen molar-refractivity contribution in [2.45, 2.75) is 18.6 Å². The van der Waals surface area contributed by atoms with Gasteiger partial charge in [-0.2, -0.15) is 0 Å². The Morgan fingerprint density at radius 1 is 1.28 bits per heavy atom. The number of ether oxygens (including phenoxy) is 2. The zero-order valence-electron chi connectivity index (χ0n) is 9.93. The third-order valence-corrected chi connectivity index (χ3v) is 2.89. The normalized spacial score (nSPS) is 17.3. The number of aliphatic hydroxyl groups excluding tert-OH is 1. The second kappa shape index (κ2) is 5.51. The predicted octanol–water partition coefficient (Wildman–Crippen LogP) is 0.306. The Morgan fingerprint density at radius 2 is 1.89 bits per heavy atom. The second-order valence-corrected chi connectivity index (χ2v) is 4.20. The first-order valence-electron chi connectivity index (χ1n) is 5.86. The molecule has 2 atom stereocenters. The fourth-order valence-electron chi connectivity index (χ4n) is 1.89. The van der Waals surface area contributed by atoms with E-state index in [1.54, 1.807) is 0 Å². The van der Waals surface area contributed by atoms with E-state index in [0.29, 0.717) is 37.7 Å². The van der Waals surface area contributed by atoms with Crippen LogP contribution < -0.4 is 20.9 Å². The minimum atomic E-state index is -1.11. The fourth-order valence-corrected chi connectivity index (χ4v) is 1.89. The highest BCUT2D eigenvalue weighted by molar-refractivity contribution is 5.45. The minimum absolute atomic E-state index is 0.111. The first kappa shape index (κ1) is 13.1. The van der Waals surface area contributed by atoms with Crippen molar-refractivity contribution in [2.24, 2.45) is 11.5 Å². The third kappa shape index (κ3) is 2.55. The van der Waals surface area contributed by atoms with E-state index in [2.05, 4.69) is 0 Å². The summed E-state index contributed by atoms with van der Waals surface area (Å²) >= 11 is 0. The predicted molar refractivity (Wildman–Crippen MR) is 64.0 cm³/mol. The van der Waals surface area contributed by atoms with Gasteiger partial charge in [-0.1, -0.05) is 0 Å². The van der Waals surface area contributed by atoms with Gasteiger partial charge >= 0.3 is 0 Å². The number of rotatable bonds is 4. The molecule has 1 aromatic carbocycles. The first-order chi connectivity index (χ1) is 8.63. The van der Waals surface area contributed by atoms with Crippen LogP contribution in [-0.2, 0) is 0 Å². The maximum atomic E-state index is 13.8. The van der Waals surface area contributed by atoms with Gasteiger partial charge in [-0.15, -0.1) is 0 Å². The average molecular weight is 256 g/mol. The number of nitrogens with two attached hydrogens (primary N) is 2. The molecule has 0 aliphatic carbocycles. The molecule has 1 heterocycles. The molecule has 0 aromatic heterocycles. The van der Waals surface area contributed by atoms with Crippen molar-refractivity contribution < 1.29 is 19.0 Å². The largest absolute Gasteiger partial charge is 0.486 e. The summed E-state index contributed by atoms with van der Waals surface area (Å²) in [7, 11) is 0. The molecule has 5 N–H and O–H groups in total. The van der Waals surface area contributed by atoms with Crippen molar-refractivity contribution >= 4 is 0 Å². The Hall–Kier alpha value is -1.37. The lowest BCUT2D eigenvalue weighted by Gasteiger charge is -2.23. The van der Waals surface area contributed by atoms with E-state index in [-0.39, 0.29) is 5.56 Å². The van der Waals surface area contributed by atoms with E-state index in [1.807, 2.05) is 0 Å². The average Bonchev–Trinajstić information content (AvgIpc) is 2.37. The van der Waals surface area contributed by atoms with Crippen LogP contribution >= 0.6 is 0 Å². The molecule has 0 spiro atoms. The van der Waals surface area contributed by atoms with Crippen molar-refractivity contribution in [3.63, 3.8) is 0 Å². The molecule has 1 aliphatic rings. The maximum Gasteiger partial charge on any atom is 0.164 e. The summed E-state index contributed by atoms with van der Waals surface area (Å²) in [6.07, 6.45) is -0.695. The molecule has 18 heavy (non-hydrogen) atoms. The van der Waals surface area contributed by atoms with E-state index in [0.717, 1.165) is 0 Å². The van der Waals surface area contributed by atoms with E-state index >= 15 is 0 Å². The zero-order valence-corrected chi connectivity index (χ0v) is 9.93. The SMILES string of the molecule is NCCC(N)C(O)c1cc2c(cc1F)OCCO2. The number of hydrogen-bond donors (Lipinski definition) is 3. The first-order valence-corrected chi connectivity index (χ1v) is 5.86. The number of hydrogen-bond acceptors (Lipinski definition) is 5. The van der Waals surface area contributed by atoms with Crippen LogP contribution in [0.2, 0.25) is 0 Å². The summed E-state index contributed by atoms with van der Waals surface area (Å²) < 4.78 is 24.4. The Balaban J connectivity index is 2.27. The topological polar surface area (TPSA) is 90.7 Å². The van der Waals surface area contributed by atoms with Crippen LogP contribution in [0.3, 0.4) is 0 Å². The molecule has 1 aliphatic heterocycles. The monoisotopic (exact) mass is 256 g/mol. The van der Waals surface area contributed by atoms with Gasteiger partial charge in [0.2, 0.25) is 0 Å². The van der Waals surface area contributed by atoms with Gasteiger partial charge < -0.3 is 26.0 Å². The highest BCUT2D eigenvalue weighted by Gasteiger charge is 2.23. The van der Waals surface area contributed by atoms with Crippen LogP contribution in [0.4, 0.5) is 4.39 Å². The van der Waals surface area contributed by atoms with Crippen molar-refractivity contribution in [3.8, 4) is 11.5 Å². The molecule has 100 valence electrons. The Morgan fingerprint density at radius 3 is 2.50 bits per heavy atom. The highest BCUT2D eigenvalue weighted by Crippen LogP contribution is 2.35. The van der Waals surface area contributed by atoms with Crippen molar-refractivity contribution in [3.05, 3.63) is 23.5 Å². The summed E-state index contributed by atoms with van der Waals surface area (Å²) in [5, 5.41) is 9.99. The highest BCUT2D eigenvalue weighted by atomic mass is 19.1. The number of aliphatic hydroxyl groups is 1. The fraction of sp³-hybridized carbons (Fsp3) is 0.500. The van der Waals surface area contributed by atoms with E-state index < -0.39 is 18.0 Å². The zero-order chi connectivity index (χ0) is 13.1. The number of benzene rings is 1. The quantitative estimate of drug-likeness (QED) is 0.721. The minimum Gasteiger partial charge on any atom is -0.486 e. The molecule has 2 unspecified atom stereocenters. The van der Waals surface area contributed by atoms with Gasteiger partial charge in [0.1, 0.15) is 19.0 Å². The van der Waals surface area contributed by atoms with Crippen LogP contribution in [0.15, 0.2) is 12.1 Å². The van der Waals surface area contributed by atoms with Crippen LogP contribution in [0, 0.1) is 5.82 Å². The van der Waals surface area contributed by atoms with Gasteiger partial charge in [0.25, 0.3) is 0 Å². The molecular formula is C12H17FN2O3. The summed E-state index contributed by atoms with van der Waals surface area (Å²) in [6.45, 7) is 1.13. The molecule has 0 bridgehead atoms. The molecule has 2 rings (SSSR count). The van der Waals surface area contributed by atoms with Gasteiger partial charge in [0.15, 0.2) is 11.5 Å². The Bertz CT molecular complexity index is 428. The number of halogens is 1. The summed E-state index contributed by atoms with van der Waals surface area (Å²) in [5.74, 6) is 0.220. The van der Waals surface area contributed by atoms with Gasteiger partial charge in [-0.3, -0.25) is 0 Å². The molecule has 1 aromatic rings. The standard InChI is InChI=1S/C12H17FN2O3/c13-8-6-11-10(17-3-4-18-11)5-7(8)12(16)9(15)1-2-14/h5-6,9,12,16H,1-4,14-15H2. The van der Waals surface area contributed by atoms with E-state index in [9.17, 15) is 9.50 Å². The van der Waals surface area contributed by atoms with Crippen LogP contribution in [0.25, 0.3) is 0 Å². The maximum absolute atomic E-state index is 13.8. The van der Waals surface area contributed by atoms with Crippen molar-refractivity contribution in [1.82, 2.24) is 0 Å². The van der Waals surface area contributed by atoms with E-state index in [1.165, 1.54) is 12.1 Å². The van der Waals surface area contributed by atoms with Gasteiger partial charge in [0.05, 0.1) is 6.10 Å². The Kier molecular flexibility index (Phi) is 4.00. The molecule has 0 saturated heterocycles. The lowest BCUT2D eigenvalue weighted by molar-refractivity contribution is 0.135. The van der Waals surface area contributed by atoms with Gasteiger partial charge in [0, 0.05) is 17.7 Å². The van der Waals surface area contributed by atoms with E-state index in [4.69, 9.17) is 20.9 Å². The van der Waals surface area contributed by atoms with Crippen LogP contribution in [0.5, 0.6) is 11.5 Å². The third-order valence-electron chi connectivity index (χ3n) is 2.89. The molecule has 0 fully saturated rings. The summed E-state index contributed by atoms with van der Waals surface area (Å²) in [6, 6.07) is 2.04. The second-order valence-electron chi connectivity index (χ2n) is 4.20. The molecule has 6 heteroatoms. The smallest absolute Gasteiger partial charge is 0.164 e. The van der Waals surface area contributed by atoms with Crippen molar-refractivity contribution in [1.29, 1.82) is 0 Å². The molecule has 5 nitrogen and oxygen atoms in total. The van der Waals surface area contributed by atoms with Crippen molar-refractivity contribution in [2.75, 3.05) is 19.8 Å². The molecule has 0 radical (unpaired) electrons. The lowest BCUT2D eigenvalue weighted by Crippen LogP contribution is -2.31. The van der Waals surface area contributed by atoms with Crippen LogP contribution in [-0.4, -0.2) is 30.9 Å².